The normalized spacial score (nSPS) is 17.8. The van der Waals surface area contributed by atoms with Crippen LogP contribution in [0.1, 0.15) is 31.2 Å². The van der Waals surface area contributed by atoms with Crippen molar-refractivity contribution in [1.82, 2.24) is 29.8 Å². The predicted molar refractivity (Wildman–Crippen MR) is 125 cm³/mol. The summed E-state index contributed by atoms with van der Waals surface area (Å²) in [6, 6.07) is 9.70. The molecule has 0 saturated carbocycles. The molecule has 2 aliphatic rings. The molecule has 0 bridgehead atoms. The van der Waals surface area contributed by atoms with Gasteiger partial charge in [0, 0.05) is 23.4 Å². The number of aromatic nitrogens is 4. The summed E-state index contributed by atoms with van der Waals surface area (Å²) in [7, 11) is 0. The summed E-state index contributed by atoms with van der Waals surface area (Å²) in [5.41, 5.74) is 2.46. The fourth-order valence-corrected chi connectivity index (χ4v) is 4.12. The monoisotopic (exact) mass is 446 g/mol. The van der Waals surface area contributed by atoms with Crippen LogP contribution >= 0.6 is 0 Å². The minimum atomic E-state index is -0.378. The van der Waals surface area contributed by atoms with E-state index in [2.05, 4.69) is 35.9 Å². The Morgan fingerprint density at radius 3 is 2.67 bits per heavy atom. The number of para-hydroxylation sites is 1. The highest BCUT2D eigenvalue weighted by Crippen LogP contribution is 2.22. The lowest BCUT2D eigenvalue weighted by Crippen LogP contribution is -2.22. The first kappa shape index (κ1) is 21.1. The molecule has 2 amide bonds. The predicted octanol–water partition coefficient (Wildman–Crippen LogP) is 2.20. The Morgan fingerprint density at radius 1 is 1.09 bits per heavy atom. The van der Waals surface area contributed by atoms with Crippen LogP contribution < -0.4 is 16.0 Å². The van der Waals surface area contributed by atoms with Crippen LogP contribution in [0.2, 0.25) is 0 Å². The number of carbonyl (C=O) groups excluding carboxylic acids is 2. The van der Waals surface area contributed by atoms with Crippen molar-refractivity contribution in [2.75, 3.05) is 36.8 Å². The van der Waals surface area contributed by atoms with E-state index in [4.69, 9.17) is 0 Å². The molecule has 0 atom stereocenters. The number of likely N-dealkylation sites (tertiary alicyclic amines) is 1. The van der Waals surface area contributed by atoms with Gasteiger partial charge in [-0.25, -0.2) is 0 Å². The maximum absolute atomic E-state index is 12.0. The lowest BCUT2D eigenvalue weighted by Gasteiger charge is -2.14. The standard InChI is InChI=1S/C23H26N8O2/c32-19-14-16(21(33)27-19)13-17-15-25-31-20(17)28-22(24-9-6-12-30-10-4-5-11-30)29-23(31)26-18-7-2-1-3-8-18/h1-3,7-8,13,15H,4-6,9-12,14H2,(H,27,32,33)(H2,24,26,28,29)/b16-13+. The minimum Gasteiger partial charge on any atom is -0.354 e. The van der Waals surface area contributed by atoms with Gasteiger partial charge < -0.3 is 15.5 Å². The molecule has 33 heavy (non-hydrogen) atoms. The molecule has 1 aromatic carbocycles. The molecular formula is C23H26N8O2. The highest BCUT2D eigenvalue weighted by Gasteiger charge is 2.24. The van der Waals surface area contributed by atoms with Crippen molar-refractivity contribution in [2.24, 2.45) is 0 Å². The Bertz CT molecular complexity index is 1200. The first-order valence-corrected chi connectivity index (χ1v) is 11.2. The van der Waals surface area contributed by atoms with E-state index in [0.717, 1.165) is 25.2 Å². The molecule has 3 aromatic rings. The van der Waals surface area contributed by atoms with Gasteiger partial charge in [-0.1, -0.05) is 18.2 Å². The molecule has 0 aliphatic carbocycles. The number of benzene rings is 1. The van der Waals surface area contributed by atoms with Gasteiger partial charge in [0.2, 0.25) is 17.8 Å². The van der Waals surface area contributed by atoms with E-state index in [1.165, 1.54) is 25.9 Å². The first-order valence-electron chi connectivity index (χ1n) is 11.2. The van der Waals surface area contributed by atoms with E-state index < -0.39 is 0 Å². The molecule has 0 unspecified atom stereocenters. The van der Waals surface area contributed by atoms with E-state index >= 15 is 0 Å². The second-order valence-electron chi connectivity index (χ2n) is 8.25. The van der Waals surface area contributed by atoms with Crippen LogP contribution in [0.25, 0.3) is 11.7 Å². The largest absolute Gasteiger partial charge is 0.354 e. The number of hydrogen-bond acceptors (Lipinski definition) is 8. The van der Waals surface area contributed by atoms with Crippen LogP contribution in [0.15, 0.2) is 42.1 Å². The smallest absolute Gasteiger partial charge is 0.254 e. The average Bonchev–Trinajstić information content (AvgIpc) is 3.54. The van der Waals surface area contributed by atoms with Crippen molar-refractivity contribution in [3.63, 3.8) is 0 Å². The van der Waals surface area contributed by atoms with Gasteiger partial charge in [-0.05, 0) is 57.1 Å². The van der Waals surface area contributed by atoms with Gasteiger partial charge in [0.15, 0.2) is 5.65 Å². The van der Waals surface area contributed by atoms with Crippen LogP contribution in [-0.4, -0.2) is 62.5 Å². The lowest BCUT2D eigenvalue weighted by atomic mass is 10.1. The van der Waals surface area contributed by atoms with E-state index in [-0.39, 0.29) is 18.2 Å². The number of nitrogens with one attached hydrogen (secondary N) is 3. The van der Waals surface area contributed by atoms with Crippen molar-refractivity contribution in [2.45, 2.75) is 25.7 Å². The first-order chi connectivity index (χ1) is 16.2. The van der Waals surface area contributed by atoms with Crippen LogP contribution in [0.4, 0.5) is 17.6 Å². The summed E-state index contributed by atoms with van der Waals surface area (Å²) in [6.45, 7) is 4.16. The summed E-state index contributed by atoms with van der Waals surface area (Å²) in [4.78, 5) is 35.4. The Morgan fingerprint density at radius 2 is 1.91 bits per heavy atom. The van der Waals surface area contributed by atoms with Gasteiger partial charge in [0.05, 0.1) is 12.6 Å². The number of anilines is 3. The van der Waals surface area contributed by atoms with Crippen molar-refractivity contribution in [1.29, 1.82) is 0 Å². The summed E-state index contributed by atoms with van der Waals surface area (Å²) in [5.74, 6) is 0.305. The third-order valence-corrected chi connectivity index (χ3v) is 5.78. The third kappa shape index (κ3) is 4.85. The van der Waals surface area contributed by atoms with Gasteiger partial charge in [0.1, 0.15) is 0 Å². The topological polar surface area (TPSA) is 117 Å². The zero-order valence-electron chi connectivity index (χ0n) is 18.3. The van der Waals surface area contributed by atoms with E-state index in [1.807, 2.05) is 30.3 Å². The van der Waals surface area contributed by atoms with Crippen LogP contribution in [0.3, 0.4) is 0 Å². The number of rotatable bonds is 8. The minimum absolute atomic E-state index is 0.0536. The van der Waals surface area contributed by atoms with Crippen molar-refractivity contribution in [3.8, 4) is 0 Å². The molecule has 2 aromatic heterocycles. The molecule has 170 valence electrons. The number of amides is 2. The number of hydrogen-bond donors (Lipinski definition) is 3. The van der Waals surface area contributed by atoms with Crippen LogP contribution in [0.5, 0.6) is 0 Å². The lowest BCUT2D eigenvalue weighted by molar-refractivity contribution is -0.124. The molecule has 2 aliphatic heterocycles. The highest BCUT2D eigenvalue weighted by molar-refractivity contribution is 6.15. The van der Waals surface area contributed by atoms with Gasteiger partial charge >= 0.3 is 0 Å². The summed E-state index contributed by atoms with van der Waals surface area (Å²) >= 11 is 0. The Labute approximate surface area is 191 Å². The van der Waals surface area contributed by atoms with Gasteiger partial charge in [0.25, 0.3) is 5.91 Å². The second kappa shape index (κ2) is 9.37. The summed E-state index contributed by atoms with van der Waals surface area (Å²) < 4.78 is 1.60. The molecule has 3 N–H and O–H groups in total. The van der Waals surface area contributed by atoms with Crippen LogP contribution in [0, 0.1) is 0 Å². The Hall–Kier alpha value is -3.79. The molecular weight excluding hydrogens is 420 g/mol. The van der Waals surface area contributed by atoms with Gasteiger partial charge in [-0.3, -0.25) is 14.9 Å². The zero-order valence-corrected chi connectivity index (χ0v) is 18.3. The van der Waals surface area contributed by atoms with Crippen molar-refractivity contribution < 1.29 is 9.59 Å². The van der Waals surface area contributed by atoms with Gasteiger partial charge in [-0.2, -0.15) is 19.6 Å². The van der Waals surface area contributed by atoms with E-state index in [0.29, 0.717) is 28.7 Å². The molecule has 0 radical (unpaired) electrons. The Balaban J connectivity index is 1.42. The molecule has 4 heterocycles. The third-order valence-electron chi connectivity index (χ3n) is 5.78. The van der Waals surface area contributed by atoms with Crippen molar-refractivity contribution >= 4 is 41.1 Å². The molecule has 0 spiro atoms. The van der Waals surface area contributed by atoms with Crippen LogP contribution in [-0.2, 0) is 9.59 Å². The summed E-state index contributed by atoms with van der Waals surface area (Å²) in [6.07, 6.45) is 6.90. The zero-order chi connectivity index (χ0) is 22.6. The van der Waals surface area contributed by atoms with E-state index in [9.17, 15) is 9.59 Å². The number of fused-ring (bicyclic) bond motifs is 1. The maximum Gasteiger partial charge on any atom is 0.254 e. The quantitative estimate of drug-likeness (QED) is 0.274. The molecule has 2 fully saturated rings. The molecule has 2 saturated heterocycles. The fourth-order valence-electron chi connectivity index (χ4n) is 4.12. The molecule has 5 rings (SSSR count). The fraction of sp³-hybridized carbons (Fsp3) is 0.348. The maximum atomic E-state index is 12.0. The number of nitrogens with zero attached hydrogens (tertiary/aromatic N) is 5. The molecule has 10 heteroatoms. The Kier molecular flexibility index (Phi) is 5.99. The second-order valence-corrected chi connectivity index (χ2v) is 8.25. The summed E-state index contributed by atoms with van der Waals surface area (Å²) in [5, 5.41) is 13.4. The van der Waals surface area contributed by atoms with E-state index in [1.54, 1.807) is 16.8 Å². The number of carbonyl (C=O) groups is 2. The number of imide groups is 1. The average molecular weight is 447 g/mol. The highest BCUT2D eigenvalue weighted by atomic mass is 16.2. The van der Waals surface area contributed by atoms with Crippen molar-refractivity contribution in [3.05, 3.63) is 47.7 Å². The van der Waals surface area contributed by atoms with Gasteiger partial charge in [-0.15, -0.1) is 0 Å². The SMILES string of the molecule is O=C1C/C(=C\c2cnn3c(Nc4ccccc4)nc(NCCCN4CCCC4)nc23)C(=O)N1. The molecule has 10 nitrogen and oxygen atoms in total.